The van der Waals surface area contributed by atoms with Gasteiger partial charge in [0.2, 0.25) is 5.91 Å². The fraction of sp³-hybridized carbons (Fsp3) is 0.312. The monoisotopic (exact) mass is 315 g/mol. The summed E-state index contributed by atoms with van der Waals surface area (Å²) >= 11 is 0. The van der Waals surface area contributed by atoms with Gasteiger partial charge in [0.15, 0.2) is 0 Å². The lowest BCUT2D eigenvalue weighted by Gasteiger charge is -2.20. The Morgan fingerprint density at radius 3 is 2.52 bits per heavy atom. The summed E-state index contributed by atoms with van der Waals surface area (Å²) in [7, 11) is 1.78. The number of nitrogens with zero attached hydrogens (tertiary/aromatic N) is 1. The summed E-state index contributed by atoms with van der Waals surface area (Å²) in [5.74, 6) is -0.280. The Hall–Kier alpha value is -2.67. The highest BCUT2D eigenvalue weighted by Gasteiger charge is 2.25. The van der Waals surface area contributed by atoms with Crippen molar-refractivity contribution in [2.75, 3.05) is 18.9 Å². The fourth-order valence-electron chi connectivity index (χ4n) is 2.16. The van der Waals surface area contributed by atoms with Crippen LogP contribution in [-0.4, -0.2) is 35.6 Å². The lowest BCUT2D eigenvalue weighted by atomic mass is 10.0. The summed E-state index contributed by atoms with van der Waals surface area (Å²) in [6, 6.07) is 10.0. The first-order valence-corrected chi connectivity index (χ1v) is 7.42. The van der Waals surface area contributed by atoms with E-state index in [9.17, 15) is 9.59 Å². The van der Waals surface area contributed by atoms with E-state index in [2.05, 4.69) is 26.1 Å². The molecular weight excluding hydrogens is 294 g/mol. The van der Waals surface area contributed by atoms with Crippen molar-refractivity contribution in [1.29, 1.82) is 0 Å². The molecule has 0 aliphatic heterocycles. The van der Waals surface area contributed by atoms with Crippen LogP contribution in [0.3, 0.4) is 0 Å². The summed E-state index contributed by atoms with van der Waals surface area (Å²) < 4.78 is 0. The van der Waals surface area contributed by atoms with Gasteiger partial charge >= 0.3 is 0 Å². The molecule has 2 amide bonds. The zero-order chi connectivity index (χ0) is 16.7. The minimum Gasteiger partial charge on any atom is -0.340 e. The average Bonchev–Trinajstić information content (AvgIpc) is 3.06. The van der Waals surface area contributed by atoms with Crippen LogP contribution < -0.4 is 16.0 Å². The van der Waals surface area contributed by atoms with Crippen LogP contribution in [0.1, 0.15) is 18.5 Å². The normalized spacial score (nSPS) is 13.1. The quantitative estimate of drug-likeness (QED) is 0.614. The largest absolute Gasteiger partial charge is 0.340 e. The van der Waals surface area contributed by atoms with Crippen molar-refractivity contribution in [2.45, 2.75) is 13.0 Å². The van der Waals surface area contributed by atoms with E-state index >= 15 is 0 Å². The Labute approximate surface area is 134 Å². The van der Waals surface area contributed by atoms with Gasteiger partial charge in [-0.2, -0.15) is 5.10 Å². The van der Waals surface area contributed by atoms with Crippen LogP contribution in [0.4, 0.5) is 5.82 Å². The number of rotatable bonds is 7. The SMILES string of the molecule is CNCC(C)C(=O)NC(C(=O)Nc1ccn[nH]1)c1ccccc1. The van der Waals surface area contributed by atoms with Crippen LogP contribution in [0.5, 0.6) is 0 Å². The smallest absolute Gasteiger partial charge is 0.252 e. The minimum absolute atomic E-state index is 0.187. The number of aromatic amines is 1. The van der Waals surface area contributed by atoms with E-state index in [1.807, 2.05) is 18.2 Å². The molecule has 0 radical (unpaired) electrons. The number of carbonyl (C=O) groups excluding carboxylic acids is 2. The number of amides is 2. The molecule has 1 aromatic heterocycles. The third-order valence-corrected chi connectivity index (χ3v) is 3.40. The fourth-order valence-corrected chi connectivity index (χ4v) is 2.16. The highest BCUT2D eigenvalue weighted by atomic mass is 16.2. The maximum absolute atomic E-state index is 12.5. The molecule has 0 aliphatic carbocycles. The average molecular weight is 315 g/mol. The number of hydrogen-bond donors (Lipinski definition) is 4. The van der Waals surface area contributed by atoms with E-state index in [1.165, 1.54) is 0 Å². The van der Waals surface area contributed by atoms with Gasteiger partial charge in [0.25, 0.3) is 5.91 Å². The molecule has 0 spiro atoms. The van der Waals surface area contributed by atoms with Crippen LogP contribution in [0.15, 0.2) is 42.6 Å². The van der Waals surface area contributed by atoms with Crippen molar-refractivity contribution < 1.29 is 9.59 Å². The van der Waals surface area contributed by atoms with E-state index in [0.717, 1.165) is 5.56 Å². The molecule has 0 saturated heterocycles. The molecule has 1 aromatic carbocycles. The first-order chi connectivity index (χ1) is 11.1. The minimum atomic E-state index is -0.772. The number of H-pyrrole nitrogens is 1. The van der Waals surface area contributed by atoms with Crippen LogP contribution in [0.2, 0.25) is 0 Å². The van der Waals surface area contributed by atoms with Gasteiger partial charge in [-0.1, -0.05) is 37.3 Å². The van der Waals surface area contributed by atoms with Crippen LogP contribution in [-0.2, 0) is 9.59 Å². The summed E-state index contributed by atoms with van der Waals surface area (Å²) in [4.78, 5) is 24.8. The van der Waals surface area contributed by atoms with Gasteiger partial charge in [-0.25, -0.2) is 0 Å². The Bertz CT molecular complexity index is 627. The number of hydrogen-bond acceptors (Lipinski definition) is 4. The molecule has 2 unspecified atom stereocenters. The van der Waals surface area contributed by atoms with Gasteiger partial charge in [0.1, 0.15) is 11.9 Å². The molecule has 2 rings (SSSR count). The summed E-state index contributed by atoms with van der Waals surface area (Å²) in [5.41, 5.74) is 0.717. The molecule has 7 nitrogen and oxygen atoms in total. The Morgan fingerprint density at radius 1 is 1.17 bits per heavy atom. The Balaban J connectivity index is 2.15. The highest BCUT2D eigenvalue weighted by Crippen LogP contribution is 2.16. The van der Waals surface area contributed by atoms with Crippen molar-refractivity contribution in [3.8, 4) is 0 Å². The number of aromatic nitrogens is 2. The van der Waals surface area contributed by atoms with Gasteiger partial charge in [-0.05, 0) is 12.6 Å². The lowest BCUT2D eigenvalue weighted by Crippen LogP contribution is -2.41. The van der Waals surface area contributed by atoms with Gasteiger partial charge in [-0.15, -0.1) is 0 Å². The predicted octanol–water partition coefficient (Wildman–Crippen LogP) is 1.06. The van der Waals surface area contributed by atoms with Gasteiger partial charge in [0.05, 0.1) is 6.20 Å². The molecule has 0 saturated carbocycles. The van der Waals surface area contributed by atoms with Gasteiger partial charge in [-0.3, -0.25) is 14.7 Å². The molecule has 2 atom stereocenters. The number of benzene rings is 1. The molecule has 122 valence electrons. The molecule has 4 N–H and O–H groups in total. The number of carbonyl (C=O) groups is 2. The first kappa shape index (κ1) is 16.7. The second kappa shape index (κ2) is 8.09. The number of anilines is 1. The van der Waals surface area contributed by atoms with Crippen LogP contribution >= 0.6 is 0 Å². The third-order valence-electron chi connectivity index (χ3n) is 3.40. The van der Waals surface area contributed by atoms with Crippen molar-refractivity contribution >= 4 is 17.6 Å². The van der Waals surface area contributed by atoms with Crippen molar-refractivity contribution in [3.63, 3.8) is 0 Å². The van der Waals surface area contributed by atoms with Crippen molar-refractivity contribution in [3.05, 3.63) is 48.2 Å². The molecule has 0 aliphatic rings. The molecule has 2 aromatic rings. The maximum Gasteiger partial charge on any atom is 0.252 e. The highest BCUT2D eigenvalue weighted by molar-refractivity contribution is 5.97. The lowest BCUT2D eigenvalue weighted by molar-refractivity contribution is -0.129. The topological polar surface area (TPSA) is 98.9 Å². The maximum atomic E-state index is 12.5. The molecular formula is C16H21N5O2. The second-order valence-electron chi connectivity index (χ2n) is 5.27. The van der Waals surface area contributed by atoms with Crippen LogP contribution in [0, 0.1) is 5.92 Å². The van der Waals surface area contributed by atoms with Gasteiger partial charge < -0.3 is 16.0 Å². The van der Waals surface area contributed by atoms with E-state index in [0.29, 0.717) is 12.4 Å². The molecule has 0 fully saturated rings. The summed E-state index contributed by atoms with van der Waals surface area (Å²) in [5, 5.41) is 14.9. The third kappa shape index (κ3) is 4.65. The van der Waals surface area contributed by atoms with E-state index in [-0.39, 0.29) is 17.7 Å². The van der Waals surface area contributed by atoms with E-state index < -0.39 is 6.04 Å². The summed E-state index contributed by atoms with van der Waals surface area (Å²) in [6.45, 7) is 2.34. The van der Waals surface area contributed by atoms with Crippen LogP contribution in [0.25, 0.3) is 0 Å². The molecule has 1 heterocycles. The zero-order valence-corrected chi connectivity index (χ0v) is 13.2. The second-order valence-corrected chi connectivity index (χ2v) is 5.27. The summed E-state index contributed by atoms with van der Waals surface area (Å²) in [6.07, 6.45) is 1.54. The van der Waals surface area contributed by atoms with E-state index in [4.69, 9.17) is 0 Å². The first-order valence-electron chi connectivity index (χ1n) is 7.42. The van der Waals surface area contributed by atoms with Gasteiger partial charge in [0, 0.05) is 18.5 Å². The molecule has 0 bridgehead atoms. The van der Waals surface area contributed by atoms with Crippen molar-refractivity contribution in [2.24, 2.45) is 5.92 Å². The number of nitrogens with one attached hydrogen (secondary N) is 4. The Kier molecular flexibility index (Phi) is 5.87. The predicted molar refractivity (Wildman–Crippen MR) is 87.6 cm³/mol. The molecule has 7 heteroatoms. The molecule has 23 heavy (non-hydrogen) atoms. The Morgan fingerprint density at radius 2 is 1.91 bits per heavy atom. The van der Waals surface area contributed by atoms with Crippen molar-refractivity contribution in [1.82, 2.24) is 20.8 Å². The standard InChI is InChI=1S/C16H21N5O2/c1-11(10-17-2)15(22)20-14(12-6-4-3-5-7-12)16(23)19-13-8-9-18-21-13/h3-9,11,14,17H,10H2,1-2H3,(H,20,22)(H2,18,19,21,23). The van der Waals surface area contributed by atoms with E-state index in [1.54, 1.807) is 38.4 Å². The zero-order valence-electron chi connectivity index (χ0n) is 13.2.